The third-order valence-corrected chi connectivity index (χ3v) is 7.38. The Morgan fingerprint density at radius 3 is 2.63 bits per heavy atom. The Balaban J connectivity index is 1.38. The maximum atomic E-state index is 6.48. The lowest BCUT2D eigenvalue weighted by Crippen LogP contribution is -2.16. The molecule has 0 saturated heterocycles. The van der Waals surface area contributed by atoms with Crippen LogP contribution < -0.4 is 14.2 Å². The van der Waals surface area contributed by atoms with Crippen LogP contribution in [-0.2, 0) is 6.42 Å². The first-order chi connectivity index (χ1) is 20.0. The van der Waals surface area contributed by atoms with Crippen molar-refractivity contribution >= 4 is 17.2 Å². The molecule has 0 N–H and O–H groups in total. The molecule has 1 aliphatic heterocycles. The largest absolute Gasteiger partial charge is 0.493 e. The van der Waals surface area contributed by atoms with E-state index in [4.69, 9.17) is 41.0 Å². The fourth-order valence-electron chi connectivity index (χ4n) is 5.33. The second-order valence-electron chi connectivity index (χ2n) is 9.64. The van der Waals surface area contributed by atoms with Gasteiger partial charge < -0.3 is 14.2 Å². The van der Waals surface area contributed by atoms with E-state index in [1.54, 1.807) is 35.9 Å². The molecule has 0 fully saturated rings. The van der Waals surface area contributed by atoms with Gasteiger partial charge in [-0.25, -0.2) is 19.2 Å². The predicted octanol–water partition coefficient (Wildman–Crippen LogP) is 5.56. The minimum atomic E-state index is -0.287. The number of rotatable bonds is 6. The smallest absolute Gasteiger partial charge is 0.230 e. The van der Waals surface area contributed by atoms with Gasteiger partial charge in [-0.05, 0) is 54.4 Å². The number of halogens is 1. The maximum absolute atomic E-state index is 6.48. The Morgan fingerprint density at radius 1 is 0.976 bits per heavy atom. The van der Waals surface area contributed by atoms with Crippen molar-refractivity contribution in [2.24, 2.45) is 0 Å². The average Bonchev–Trinajstić information content (AvgIpc) is 3.56. The van der Waals surface area contributed by atoms with Crippen molar-refractivity contribution in [3.05, 3.63) is 112 Å². The normalized spacial score (nSPS) is 13.9. The van der Waals surface area contributed by atoms with Crippen LogP contribution >= 0.6 is 11.6 Å². The number of methoxy groups -OCH3 is 2. The van der Waals surface area contributed by atoms with Crippen LogP contribution in [0.2, 0.25) is 5.02 Å². The molecule has 0 amide bonds. The average molecular weight is 566 g/mol. The van der Waals surface area contributed by atoms with E-state index in [1.807, 2.05) is 67.7 Å². The van der Waals surface area contributed by atoms with E-state index in [0.29, 0.717) is 46.2 Å². The lowest BCUT2D eigenvalue weighted by molar-refractivity contribution is 0.354. The van der Waals surface area contributed by atoms with Crippen LogP contribution in [0.1, 0.15) is 39.7 Å². The Kier molecular flexibility index (Phi) is 6.05. The van der Waals surface area contributed by atoms with Crippen LogP contribution in [0.4, 0.5) is 0 Å². The van der Waals surface area contributed by atoms with Crippen molar-refractivity contribution in [1.82, 2.24) is 34.3 Å². The summed E-state index contributed by atoms with van der Waals surface area (Å²) in [6.45, 7) is 1.97. The third kappa shape index (κ3) is 4.23. The third-order valence-electron chi connectivity index (χ3n) is 7.14. The summed E-state index contributed by atoms with van der Waals surface area (Å²) in [4.78, 5) is 14.0. The summed E-state index contributed by atoms with van der Waals surface area (Å²) < 4.78 is 20.8. The molecule has 0 saturated carbocycles. The molecule has 6 aromatic rings. The quantitative estimate of drug-likeness (QED) is 0.258. The molecule has 0 unspecified atom stereocenters. The van der Waals surface area contributed by atoms with Crippen molar-refractivity contribution in [2.45, 2.75) is 19.3 Å². The number of ether oxygens (including phenoxy) is 3. The zero-order valence-electron chi connectivity index (χ0n) is 22.4. The molecule has 0 bridgehead atoms. The van der Waals surface area contributed by atoms with Crippen molar-refractivity contribution in [3.8, 4) is 28.9 Å². The molecule has 41 heavy (non-hydrogen) atoms. The Bertz CT molecular complexity index is 1920. The van der Waals surface area contributed by atoms with Crippen molar-refractivity contribution < 1.29 is 14.2 Å². The standard InChI is InChI=1S/C30H24ClN7O3/c1-17-25-26(19-6-5-11-32-15-19)27-28-34-24(13-18-9-10-22(39-2)23(12-18)40-3)36-37(28)16-33-29(27)41-30(25)38(35-17)21-8-4-7-20(31)14-21/h4-12,14-16,26H,13H2,1-3H3/t26-/m0/s1. The van der Waals surface area contributed by atoms with E-state index < -0.39 is 0 Å². The molecule has 2 aromatic carbocycles. The molecule has 1 aliphatic rings. The van der Waals surface area contributed by atoms with Gasteiger partial charge in [-0.2, -0.15) is 5.10 Å². The molecule has 11 heteroatoms. The van der Waals surface area contributed by atoms with Gasteiger partial charge in [0.2, 0.25) is 11.8 Å². The zero-order chi connectivity index (χ0) is 28.1. The molecule has 5 heterocycles. The van der Waals surface area contributed by atoms with E-state index in [2.05, 4.69) is 9.97 Å². The molecule has 1 atom stereocenters. The number of benzene rings is 2. The van der Waals surface area contributed by atoms with Gasteiger partial charge >= 0.3 is 0 Å². The monoisotopic (exact) mass is 565 g/mol. The first kappa shape index (κ1) is 25.0. The number of fused-ring (bicyclic) bond motifs is 4. The summed E-state index contributed by atoms with van der Waals surface area (Å²) in [5, 5.41) is 10.2. The van der Waals surface area contributed by atoms with Crippen LogP contribution in [0.5, 0.6) is 23.3 Å². The highest BCUT2D eigenvalue weighted by molar-refractivity contribution is 6.30. The van der Waals surface area contributed by atoms with Crippen molar-refractivity contribution in [3.63, 3.8) is 0 Å². The van der Waals surface area contributed by atoms with Gasteiger partial charge in [0.1, 0.15) is 6.33 Å². The SMILES string of the molecule is COc1ccc(Cc2nc3c4c(ncn3n2)Oc2c(c(C)nn2-c2cccc(Cl)c2)[C@@H]4c2cccnc2)cc1OC. The topological polar surface area (TPSA) is 101 Å². The van der Waals surface area contributed by atoms with Gasteiger partial charge in [-0.1, -0.05) is 29.8 Å². The van der Waals surface area contributed by atoms with Crippen molar-refractivity contribution in [1.29, 1.82) is 0 Å². The van der Waals surface area contributed by atoms with Crippen LogP contribution in [0.15, 0.2) is 73.3 Å². The Morgan fingerprint density at radius 2 is 1.85 bits per heavy atom. The highest BCUT2D eigenvalue weighted by atomic mass is 35.5. The lowest BCUT2D eigenvalue weighted by atomic mass is 9.85. The number of aromatic nitrogens is 7. The minimum absolute atomic E-state index is 0.287. The summed E-state index contributed by atoms with van der Waals surface area (Å²) in [6, 6.07) is 17.2. The summed E-state index contributed by atoms with van der Waals surface area (Å²) >= 11 is 6.31. The lowest BCUT2D eigenvalue weighted by Gasteiger charge is -2.26. The van der Waals surface area contributed by atoms with E-state index in [-0.39, 0.29) is 5.92 Å². The van der Waals surface area contributed by atoms with E-state index in [9.17, 15) is 0 Å². The van der Waals surface area contributed by atoms with Gasteiger partial charge in [0.25, 0.3) is 0 Å². The van der Waals surface area contributed by atoms with Crippen LogP contribution in [0.3, 0.4) is 0 Å². The molecule has 0 aliphatic carbocycles. The van der Waals surface area contributed by atoms with Gasteiger partial charge in [0.05, 0.1) is 42.6 Å². The molecule has 0 radical (unpaired) electrons. The summed E-state index contributed by atoms with van der Waals surface area (Å²) in [5.41, 5.74) is 5.91. The van der Waals surface area contributed by atoms with E-state index in [0.717, 1.165) is 33.6 Å². The molecule has 7 rings (SSSR count). The van der Waals surface area contributed by atoms with Gasteiger partial charge in [0.15, 0.2) is 23.0 Å². The minimum Gasteiger partial charge on any atom is -0.493 e. The summed E-state index contributed by atoms with van der Waals surface area (Å²) in [7, 11) is 3.23. The van der Waals surface area contributed by atoms with E-state index >= 15 is 0 Å². The zero-order valence-corrected chi connectivity index (χ0v) is 23.2. The number of hydrogen-bond acceptors (Lipinski definition) is 8. The Labute approximate surface area is 240 Å². The van der Waals surface area contributed by atoms with E-state index in [1.165, 1.54) is 0 Å². The molecule has 4 aromatic heterocycles. The fourth-order valence-corrected chi connectivity index (χ4v) is 5.52. The molecule has 10 nitrogen and oxygen atoms in total. The number of aryl methyl sites for hydroxylation is 1. The number of nitrogens with zero attached hydrogens (tertiary/aromatic N) is 7. The van der Waals surface area contributed by atoms with Crippen LogP contribution in [-0.4, -0.2) is 48.6 Å². The maximum Gasteiger partial charge on any atom is 0.230 e. The fraction of sp³-hybridized carbons (Fsp3) is 0.167. The Hall–Kier alpha value is -4.96. The number of hydrogen-bond donors (Lipinski definition) is 0. The second kappa shape index (κ2) is 9.90. The molecule has 0 spiro atoms. The van der Waals surface area contributed by atoms with Gasteiger partial charge in [0, 0.05) is 23.8 Å². The summed E-state index contributed by atoms with van der Waals surface area (Å²) in [5.74, 6) is 2.68. The first-order valence-electron chi connectivity index (χ1n) is 12.9. The molecular formula is C30H24ClN7O3. The van der Waals surface area contributed by atoms with Crippen molar-refractivity contribution in [2.75, 3.05) is 14.2 Å². The molecular weight excluding hydrogens is 542 g/mol. The highest BCUT2D eigenvalue weighted by Crippen LogP contribution is 2.49. The summed E-state index contributed by atoms with van der Waals surface area (Å²) in [6.07, 6.45) is 5.72. The molecule has 204 valence electrons. The van der Waals surface area contributed by atoms with Gasteiger partial charge in [-0.3, -0.25) is 4.98 Å². The van der Waals surface area contributed by atoms with Crippen LogP contribution in [0, 0.1) is 6.92 Å². The highest BCUT2D eigenvalue weighted by Gasteiger charge is 2.38. The predicted molar refractivity (Wildman–Crippen MR) is 152 cm³/mol. The van der Waals surface area contributed by atoms with Gasteiger partial charge in [-0.15, -0.1) is 5.10 Å². The second-order valence-corrected chi connectivity index (χ2v) is 10.1. The van der Waals surface area contributed by atoms with Crippen LogP contribution in [0.25, 0.3) is 11.3 Å². The number of pyridine rings is 1. The first-order valence-corrected chi connectivity index (χ1v) is 13.3.